The van der Waals surface area contributed by atoms with Crippen LogP contribution in [-0.4, -0.2) is 30.1 Å². The van der Waals surface area contributed by atoms with Crippen LogP contribution in [0.15, 0.2) is 24.3 Å². The summed E-state index contributed by atoms with van der Waals surface area (Å²) in [6, 6.07) is 7.40. The van der Waals surface area contributed by atoms with Gasteiger partial charge in [0.05, 0.1) is 0 Å². The Labute approximate surface area is 173 Å². The summed E-state index contributed by atoms with van der Waals surface area (Å²) in [5, 5.41) is 8.15. The lowest BCUT2D eigenvalue weighted by molar-refractivity contribution is -0.120. The fourth-order valence-corrected chi connectivity index (χ4v) is 3.37. The monoisotopic (exact) mass is 403 g/mol. The van der Waals surface area contributed by atoms with Gasteiger partial charge in [-0.05, 0) is 51.2 Å². The van der Waals surface area contributed by atoms with Crippen LogP contribution >= 0.6 is 0 Å². The molecular formula is C22H33N3O4. The fourth-order valence-electron chi connectivity index (χ4n) is 3.37. The number of ether oxygens (including phenoxy) is 1. The van der Waals surface area contributed by atoms with Crippen molar-refractivity contribution in [1.29, 1.82) is 0 Å². The van der Waals surface area contributed by atoms with Gasteiger partial charge in [0.2, 0.25) is 11.8 Å². The normalized spacial score (nSPS) is 14.7. The fraction of sp³-hybridized carbons (Fsp3) is 0.591. The van der Waals surface area contributed by atoms with Crippen molar-refractivity contribution in [3.63, 3.8) is 0 Å². The molecule has 3 N–H and O–H groups in total. The van der Waals surface area contributed by atoms with Gasteiger partial charge in [0.15, 0.2) is 0 Å². The molecule has 0 spiro atoms. The molecule has 3 amide bonds. The predicted molar refractivity (Wildman–Crippen MR) is 112 cm³/mol. The zero-order valence-corrected chi connectivity index (χ0v) is 17.7. The zero-order valence-electron chi connectivity index (χ0n) is 17.7. The SMILES string of the molecule is CC(C)(C)OC(=O)NCC(=O)NCc1ccccc1NC(=O)CC1CCCCC1. The largest absolute Gasteiger partial charge is 0.444 e. The minimum Gasteiger partial charge on any atom is -0.444 e. The Kier molecular flexibility index (Phi) is 8.49. The van der Waals surface area contributed by atoms with Crippen molar-refractivity contribution in [1.82, 2.24) is 10.6 Å². The Hall–Kier alpha value is -2.57. The molecule has 0 radical (unpaired) electrons. The summed E-state index contributed by atoms with van der Waals surface area (Å²) in [6.45, 7) is 5.35. The zero-order chi connectivity index (χ0) is 21.3. The first kappa shape index (κ1) is 22.7. The van der Waals surface area contributed by atoms with Crippen LogP contribution in [0.2, 0.25) is 0 Å². The average molecular weight is 404 g/mol. The van der Waals surface area contributed by atoms with Crippen molar-refractivity contribution >= 4 is 23.6 Å². The number of carbonyl (C=O) groups excluding carboxylic acids is 3. The molecule has 1 aromatic rings. The smallest absolute Gasteiger partial charge is 0.408 e. The molecule has 0 bridgehead atoms. The number of alkyl carbamates (subject to hydrolysis) is 1. The number of rotatable bonds is 7. The van der Waals surface area contributed by atoms with Gasteiger partial charge in [-0.1, -0.05) is 37.5 Å². The number of amides is 3. The maximum atomic E-state index is 12.4. The van der Waals surface area contributed by atoms with Crippen LogP contribution in [0.25, 0.3) is 0 Å². The number of nitrogens with one attached hydrogen (secondary N) is 3. The van der Waals surface area contributed by atoms with Crippen LogP contribution < -0.4 is 16.0 Å². The van der Waals surface area contributed by atoms with Crippen LogP contribution in [0.3, 0.4) is 0 Å². The first-order chi connectivity index (χ1) is 13.7. The molecule has 1 aromatic carbocycles. The minimum atomic E-state index is -0.636. The van der Waals surface area contributed by atoms with Gasteiger partial charge in [-0.2, -0.15) is 0 Å². The second-order valence-corrected chi connectivity index (χ2v) is 8.55. The Morgan fingerprint density at radius 3 is 2.38 bits per heavy atom. The summed E-state index contributed by atoms with van der Waals surface area (Å²) < 4.78 is 5.10. The number of hydrogen-bond acceptors (Lipinski definition) is 4. The van der Waals surface area contributed by atoms with Gasteiger partial charge < -0.3 is 20.7 Å². The van der Waals surface area contributed by atoms with E-state index in [2.05, 4.69) is 16.0 Å². The molecule has 1 aliphatic carbocycles. The van der Waals surface area contributed by atoms with Crippen LogP contribution in [-0.2, 0) is 20.9 Å². The lowest BCUT2D eigenvalue weighted by atomic mass is 9.87. The van der Waals surface area contributed by atoms with Crippen LogP contribution in [0.4, 0.5) is 10.5 Å². The molecular weight excluding hydrogens is 370 g/mol. The first-order valence-corrected chi connectivity index (χ1v) is 10.3. The van der Waals surface area contributed by atoms with Gasteiger partial charge in [-0.3, -0.25) is 9.59 Å². The lowest BCUT2D eigenvalue weighted by Gasteiger charge is -2.21. The van der Waals surface area contributed by atoms with Crippen molar-refractivity contribution in [2.75, 3.05) is 11.9 Å². The third kappa shape index (κ3) is 8.98. The van der Waals surface area contributed by atoms with E-state index in [-0.39, 0.29) is 24.9 Å². The van der Waals surface area contributed by atoms with Gasteiger partial charge in [-0.25, -0.2) is 4.79 Å². The lowest BCUT2D eigenvalue weighted by Crippen LogP contribution is -2.39. The summed E-state index contributed by atoms with van der Waals surface area (Å²) in [5.41, 5.74) is 0.902. The van der Waals surface area contributed by atoms with Gasteiger partial charge in [0, 0.05) is 18.7 Å². The molecule has 1 fully saturated rings. The number of para-hydroxylation sites is 1. The predicted octanol–water partition coefficient (Wildman–Crippen LogP) is 3.74. The summed E-state index contributed by atoms with van der Waals surface area (Å²) in [7, 11) is 0. The molecule has 0 heterocycles. The minimum absolute atomic E-state index is 0.0160. The molecule has 0 unspecified atom stereocenters. The second kappa shape index (κ2) is 10.8. The highest BCUT2D eigenvalue weighted by atomic mass is 16.6. The van der Waals surface area contributed by atoms with E-state index in [0.717, 1.165) is 18.4 Å². The van der Waals surface area contributed by atoms with E-state index in [4.69, 9.17) is 4.74 Å². The third-order valence-corrected chi connectivity index (χ3v) is 4.76. The molecule has 0 saturated heterocycles. The maximum Gasteiger partial charge on any atom is 0.408 e. The molecule has 7 nitrogen and oxygen atoms in total. The molecule has 29 heavy (non-hydrogen) atoms. The van der Waals surface area contributed by atoms with Crippen molar-refractivity contribution in [2.45, 2.75) is 71.4 Å². The topological polar surface area (TPSA) is 96.5 Å². The number of anilines is 1. The highest BCUT2D eigenvalue weighted by Gasteiger charge is 2.18. The molecule has 7 heteroatoms. The summed E-state index contributed by atoms with van der Waals surface area (Å²) in [4.78, 5) is 36.0. The standard InChI is InChI=1S/C22H33N3O4/c1-22(2,3)29-21(28)24-15-20(27)23-14-17-11-7-8-12-18(17)25-19(26)13-16-9-5-4-6-10-16/h7-8,11-12,16H,4-6,9-10,13-15H2,1-3H3,(H,23,27)(H,24,28)(H,25,26). The number of benzene rings is 1. The van der Waals surface area contributed by atoms with E-state index in [1.54, 1.807) is 20.8 Å². The summed E-state index contributed by atoms with van der Waals surface area (Å²) >= 11 is 0. The van der Waals surface area contributed by atoms with Crippen molar-refractivity contribution < 1.29 is 19.1 Å². The molecule has 0 atom stereocenters. The van der Waals surface area contributed by atoms with Crippen LogP contribution in [0.1, 0.15) is 64.9 Å². The van der Waals surface area contributed by atoms with Crippen LogP contribution in [0, 0.1) is 5.92 Å². The van der Waals surface area contributed by atoms with Crippen LogP contribution in [0.5, 0.6) is 0 Å². The van der Waals surface area contributed by atoms with E-state index >= 15 is 0 Å². The van der Waals surface area contributed by atoms with E-state index in [1.165, 1.54) is 19.3 Å². The van der Waals surface area contributed by atoms with Gasteiger partial charge in [0.1, 0.15) is 12.1 Å². The Balaban J connectivity index is 1.79. The molecule has 1 saturated carbocycles. The maximum absolute atomic E-state index is 12.4. The van der Waals surface area contributed by atoms with Gasteiger partial charge in [-0.15, -0.1) is 0 Å². The van der Waals surface area contributed by atoms with Gasteiger partial charge in [0.25, 0.3) is 0 Å². The van der Waals surface area contributed by atoms with Crippen molar-refractivity contribution in [3.8, 4) is 0 Å². The van der Waals surface area contributed by atoms with Gasteiger partial charge >= 0.3 is 6.09 Å². The third-order valence-electron chi connectivity index (χ3n) is 4.76. The highest BCUT2D eigenvalue weighted by molar-refractivity contribution is 5.91. The molecule has 160 valence electrons. The van der Waals surface area contributed by atoms with E-state index in [9.17, 15) is 14.4 Å². The molecule has 0 aromatic heterocycles. The molecule has 1 aliphatic rings. The number of carbonyl (C=O) groups is 3. The quantitative estimate of drug-likeness (QED) is 0.646. The average Bonchev–Trinajstić information content (AvgIpc) is 2.65. The summed E-state index contributed by atoms with van der Waals surface area (Å²) in [5.74, 6) is 0.149. The van der Waals surface area contributed by atoms with E-state index in [1.807, 2.05) is 24.3 Å². The Morgan fingerprint density at radius 1 is 1.00 bits per heavy atom. The first-order valence-electron chi connectivity index (χ1n) is 10.3. The molecule has 0 aliphatic heterocycles. The van der Waals surface area contributed by atoms with E-state index in [0.29, 0.717) is 18.0 Å². The van der Waals surface area contributed by atoms with Crippen molar-refractivity contribution in [3.05, 3.63) is 29.8 Å². The van der Waals surface area contributed by atoms with E-state index < -0.39 is 11.7 Å². The Morgan fingerprint density at radius 2 is 1.69 bits per heavy atom. The summed E-state index contributed by atoms with van der Waals surface area (Å²) in [6.07, 6.45) is 5.83. The Bertz CT molecular complexity index is 706. The molecule has 2 rings (SSSR count). The highest BCUT2D eigenvalue weighted by Crippen LogP contribution is 2.27. The number of hydrogen-bond donors (Lipinski definition) is 3. The van der Waals surface area contributed by atoms with Crippen molar-refractivity contribution in [2.24, 2.45) is 5.92 Å². The second-order valence-electron chi connectivity index (χ2n) is 8.55.